The maximum absolute atomic E-state index is 12.6. The van der Waals surface area contributed by atoms with Crippen molar-refractivity contribution in [1.82, 2.24) is 14.5 Å². The number of carbonyl (C=O) groups is 1. The van der Waals surface area contributed by atoms with E-state index in [9.17, 15) is 4.79 Å². The molecule has 0 aliphatic rings. The van der Waals surface area contributed by atoms with Crippen molar-refractivity contribution < 1.29 is 13.9 Å². The minimum atomic E-state index is -0.370. The number of hydrogen-bond acceptors (Lipinski definition) is 4. The third kappa shape index (κ3) is 3.28. The number of hydrogen-bond donors (Lipinski definition) is 1. The molecular weight excluding hydrogens is 378 g/mol. The highest BCUT2D eigenvalue weighted by molar-refractivity contribution is 5.90. The normalized spacial score (nSPS) is 12.2. The van der Waals surface area contributed by atoms with Crippen LogP contribution in [0.3, 0.4) is 0 Å². The Morgan fingerprint density at radius 1 is 1.10 bits per heavy atom. The fourth-order valence-electron chi connectivity index (χ4n) is 3.50. The summed E-state index contributed by atoms with van der Waals surface area (Å²) in [6.45, 7) is 1.84. The van der Waals surface area contributed by atoms with Crippen molar-refractivity contribution in [2.75, 3.05) is 0 Å². The third-order valence-electron chi connectivity index (χ3n) is 5.11. The summed E-state index contributed by atoms with van der Waals surface area (Å²) in [5.74, 6) is -0.370. The largest absolute Gasteiger partial charge is 0.472 e. The number of fused-ring (bicyclic) bond motifs is 1. The second-order valence-corrected chi connectivity index (χ2v) is 7.05. The number of nitrogens with zero attached hydrogens (tertiary/aromatic N) is 2. The average molecular weight is 397 g/mol. The summed E-state index contributed by atoms with van der Waals surface area (Å²) in [5.41, 5.74) is 6.05. The minimum Gasteiger partial charge on any atom is -0.472 e. The molecule has 1 N–H and O–H groups in total. The first-order valence-electron chi connectivity index (χ1n) is 9.63. The van der Waals surface area contributed by atoms with Crippen LogP contribution in [0.2, 0.25) is 0 Å². The Bertz CT molecular complexity index is 1300. The van der Waals surface area contributed by atoms with Crippen LogP contribution in [0, 0.1) is 0 Å². The van der Waals surface area contributed by atoms with Crippen molar-refractivity contribution in [1.29, 1.82) is 0 Å². The molecule has 5 aromatic rings. The molecule has 5 rings (SSSR count). The lowest BCUT2D eigenvalue weighted by molar-refractivity contribution is 0.0330. The second-order valence-electron chi connectivity index (χ2n) is 7.05. The van der Waals surface area contributed by atoms with Gasteiger partial charge in [0.15, 0.2) is 0 Å². The van der Waals surface area contributed by atoms with Crippen LogP contribution in [0.1, 0.15) is 29.1 Å². The fourth-order valence-corrected chi connectivity index (χ4v) is 3.50. The molecule has 0 saturated heterocycles. The number of carbonyl (C=O) groups excluding carboxylic acids is 1. The van der Waals surface area contributed by atoms with Crippen LogP contribution in [0.4, 0.5) is 0 Å². The van der Waals surface area contributed by atoms with Gasteiger partial charge in [-0.2, -0.15) is 0 Å². The van der Waals surface area contributed by atoms with Crippen LogP contribution >= 0.6 is 0 Å². The minimum absolute atomic E-state index is 0.355. The lowest BCUT2D eigenvalue weighted by Gasteiger charge is -2.13. The van der Waals surface area contributed by atoms with Crippen LogP contribution in [0.15, 0.2) is 90.1 Å². The monoisotopic (exact) mass is 397 g/mol. The summed E-state index contributed by atoms with van der Waals surface area (Å²) in [6.07, 6.45) is 6.57. The van der Waals surface area contributed by atoms with Gasteiger partial charge in [-0.25, -0.2) is 9.78 Å². The number of nitrogens with one attached hydrogen (secondary N) is 1. The second kappa shape index (κ2) is 7.40. The van der Waals surface area contributed by atoms with Gasteiger partial charge in [-0.15, -0.1) is 0 Å². The molecule has 0 amide bonds. The van der Waals surface area contributed by atoms with Gasteiger partial charge in [-0.05, 0) is 61.0 Å². The number of aromatic nitrogens is 3. The maximum atomic E-state index is 12.6. The Labute approximate surface area is 172 Å². The molecule has 0 aliphatic heterocycles. The molecule has 1 unspecified atom stereocenters. The van der Waals surface area contributed by atoms with Crippen LogP contribution < -0.4 is 0 Å². The van der Waals surface area contributed by atoms with E-state index in [-0.39, 0.29) is 12.1 Å². The number of esters is 1. The SMILES string of the molecule is CC(OC(=O)c1cccc(-n2cnc3cc(-c4ccoc4)ccc32)c1)c1ccc[nH]1. The van der Waals surface area contributed by atoms with Gasteiger partial charge in [0, 0.05) is 17.4 Å². The van der Waals surface area contributed by atoms with E-state index < -0.39 is 0 Å². The van der Waals surface area contributed by atoms with Crippen molar-refractivity contribution in [2.24, 2.45) is 0 Å². The molecular formula is C24H19N3O3. The standard InChI is InChI=1S/C24H19N3O3/c1-16(21-6-3-10-25-21)30-24(28)18-4-2-5-20(12-18)27-15-26-22-13-17(7-8-23(22)27)19-9-11-29-14-19/h2-16,25H,1H3. The van der Waals surface area contributed by atoms with Crippen LogP contribution in [0.5, 0.6) is 0 Å². The molecule has 0 saturated carbocycles. The van der Waals surface area contributed by atoms with E-state index in [2.05, 4.69) is 9.97 Å². The fraction of sp³-hybridized carbons (Fsp3) is 0.0833. The zero-order valence-electron chi connectivity index (χ0n) is 16.3. The van der Waals surface area contributed by atoms with Gasteiger partial charge < -0.3 is 14.1 Å². The Kier molecular flexibility index (Phi) is 4.44. The molecule has 148 valence electrons. The number of aromatic amines is 1. The molecule has 2 aromatic carbocycles. The number of furan rings is 1. The van der Waals surface area contributed by atoms with Gasteiger partial charge in [0.05, 0.1) is 34.8 Å². The quantitative estimate of drug-likeness (QED) is 0.396. The van der Waals surface area contributed by atoms with E-state index in [4.69, 9.17) is 9.15 Å². The predicted octanol–water partition coefficient (Wildman–Crippen LogP) is 5.53. The van der Waals surface area contributed by atoms with E-state index in [0.29, 0.717) is 5.56 Å². The highest BCUT2D eigenvalue weighted by Gasteiger charge is 2.15. The molecule has 0 spiro atoms. The number of rotatable bonds is 5. The Balaban J connectivity index is 1.43. The molecule has 3 aromatic heterocycles. The average Bonchev–Trinajstić information content (AvgIpc) is 3.55. The lowest BCUT2D eigenvalue weighted by atomic mass is 10.1. The molecule has 3 heterocycles. The zero-order chi connectivity index (χ0) is 20.5. The molecule has 0 radical (unpaired) electrons. The third-order valence-corrected chi connectivity index (χ3v) is 5.11. The lowest BCUT2D eigenvalue weighted by Crippen LogP contribution is -2.10. The molecule has 0 fully saturated rings. The van der Waals surface area contributed by atoms with E-state index in [1.54, 1.807) is 24.9 Å². The van der Waals surface area contributed by atoms with Crippen molar-refractivity contribution in [3.05, 3.63) is 97.0 Å². The Morgan fingerprint density at radius 2 is 2.03 bits per heavy atom. The van der Waals surface area contributed by atoms with Crippen LogP contribution in [-0.2, 0) is 4.74 Å². The van der Waals surface area contributed by atoms with Gasteiger partial charge >= 0.3 is 5.97 Å². The first kappa shape index (κ1) is 18.0. The summed E-state index contributed by atoms with van der Waals surface area (Å²) in [5, 5.41) is 0. The maximum Gasteiger partial charge on any atom is 0.338 e. The molecule has 0 aliphatic carbocycles. The number of H-pyrrole nitrogens is 1. The molecule has 30 heavy (non-hydrogen) atoms. The first-order valence-corrected chi connectivity index (χ1v) is 9.63. The summed E-state index contributed by atoms with van der Waals surface area (Å²) in [6, 6.07) is 19.1. The van der Waals surface area contributed by atoms with Crippen molar-refractivity contribution in [3.8, 4) is 16.8 Å². The molecule has 0 bridgehead atoms. The van der Waals surface area contributed by atoms with E-state index in [1.807, 2.05) is 72.3 Å². The van der Waals surface area contributed by atoms with Crippen molar-refractivity contribution in [3.63, 3.8) is 0 Å². The number of benzene rings is 2. The van der Waals surface area contributed by atoms with Gasteiger partial charge in [-0.3, -0.25) is 4.57 Å². The topological polar surface area (TPSA) is 73.1 Å². The highest BCUT2D eigenvalue weighted by atomic mass is 16.5. The smallest absolute Gasteiger partial charge is 0.338 e. The van der Waals surface area contributed by atoms with E-state index in [0.717, 1.165) is 33.5 Å². The molecule has 6 heteroatoms. The predicted molar refractivity (Wildman–Crippen MR) is 113 cm³/mol. The van der Waals surface area contributed by atoms with Gasteiger partial charge in [-0.1, -0.05) is 12.1 Å². The molecule has 1 atom stereocenters. The van der Waals surface area contributed by atoms with Gasteiger partial charge in [0.1, 0.15) is 12.4 Å². The summed E-state index contributed by atoms with van der Waals surface area (Å²) >= 11 is 0. The first-order chi connectivity index (χ1) is 14.7. The summed E-state index contributed by atoms with van der Waals surface area (Å²) in [4.78, 5) is 20.2. The zero-order valence-corrected chi connectivity index (χ0v) is 16.3. The number of imidazole rings is 1. The van der Waals surface area contributed by atoms with E-state index in [1.165, 1.54) is 0 Å². The Hall–Kier alpha value is -4.06. The molecule has 6 nitrogen and oxygen atoms in total. The van der Waals surface area contributed by atoms with Gasteiger partial charge in [0.2, 0.25) is 0 Å². The Morgan fingerprint density at radius 3 is 2.83 bits per heavy atom. The summed E-state index contributed by atoms with van der Waals surface area (Å²) < 4.78 is 12.7. The highest BCUT2D eigenvalue weighted by Crippen LogP contribution is 2.26. The van der Waals surface area contributed by atoms with Crippen LogP contribution in [0.25, 0.3) is 27.8 Å². The number of ether oxygens (including phenoxy) is 1. The van der Waals surface area contributed by atoms with Crippen molar-refractivity contribution >= 4 is 17.0 Å². The van der Waals surface area contributed by atoms with Crippen molar-refractivity contribution in [2.45, 2.75) is 13.0 Å². The van der Waals surface area contributed by atoms with Gasteiger partial charge in [0.25, 0.3) is 0 Å². The van der Waals surface area contributed by atoms with E-state index >= 15 is 0 Å². The summed E-state index contributed by atoms with van der Waals surface area (Å²) in [7, 11) is 0. The van der Waals surface area contributed by atoms with Crippen LogP contribution in [-0.4, -0.2) is 20.5 Å².